The summed E-state index contributed by atoms with van der Waals surface area (Å²) in [5.41, 5.74) is 0.911. The molecule has 29 heavy (non-hydrogen) atoms. The normalized spacial score (nSPS) is 17.6. The van der Waals surface area contributed by atoms with E-state index in [2.05, 4.69) is 17.0 Å². The van der Waals surface area contributed by atoms with Gasteiger partial charge in [0, 0.05) is 5.56 Å². The van der Waals surface area contributed by atoms with Crippen molar-refractivity contribution >= 4 is 51.4 Å². The number of rotatable bonds is 6. The van der Waals surface area contributed by atoms with Crippen molar-refractivity contribution in [3.05, 3.63) is 52.8 Å². The highest BCUT2D eigenvalue weighted by Gasteiger charge is 2.35. The monoisotopic (exact) mass is 426 g/mol. The van der Waals surface area contributed by atoms with Crippen LogP contribution in [-0.4, -0.2) is 27.0 Å². The van der Waals surface area contributed by atoms with E-state index in [1.54, 1.807) is 18.2 Å². The van der Waals surface area contributed by atoms with Crippen molar-refractivity contribution in [2.24, 2.45) is 10.1 Å². The summed E-state index contributed by atoms with van der Waals surface area (Å²) in [6.45, 7) is 2.15. The van der Waals surface area contributed by atoms with Crippen LogP contribution in [0.5, 0.6) is 0 Å². The van der Waals surface area contributed by atoms with Gasteiger partial charge in [0.2, 0.25) is 5.17 Å². The molecule has 148 valence electrons. The summed E-state index contributed by atoms with van der Waals surface area (Å²) < 4.78 is 5.83. The Morgan fingerprint density at radius 3 is 2.86 bits per heavy atom. The third-order valence-electron chi connectivity index (χ3n) is 4.54. The Hall–Kier alpha value is -2.64. The van der Waals surface area contributed by atoms with E-state index >= 15 is 0 Å². The zero-order valence-corrected chi connectivity index (χ0v) is 17.4. The van der Waals surface area contributed by atoms with Crippen molar-refractivity contribution < 1.29 is 9.21 Å². The number of carbonyl (C=O) groups excluding carboxylic acids is 1. The second kappa shape index (κ2) is 8.39. The fourth-order valence-corrected chi connectivity index (χ4v) is 4.19. The Kier molecular flexibility index (Phi) is 5.69. The number of benzene rings is 1. The molecule has 2 aliphatic rings. The molecule has 0 saturated carbocycles. The predicted molar refractivity (Wildman–Crippen MR) is 118 cm³/mol. The molecular formula is C21H19ClN4O2S. The summed E-state index contributed by atoms with van der Waals surface area (Å²) in [5, 5.41) is 16.2. The molecule has 0 aliphatic carbocycles. The molecule has 1 aromatic carbocycles. The molecule has 4 rings (SSSR count). The Labute approximate surface area is 177 Å². The number of hydrazone groups is 1. The molecule has 0 unspecified atom stereocenters. The van der Waals surface area contributed by atoms with Gasteiger partial charge in [0.25, 0.3) is 5.91 Å². The third-order valence-corrected chi connectivity index (χ3v) is 5.84. The molecule has 0 spiro atoms. The van der Waals surface area contributed by atoms with E-state index < -0.39 is 5.91 Å². The van der Waals surface area contributed by atoms with Crippen LogP contribution < -0.4 is 0 Å². The Balaban J connectivity index is 1.57. The molecule has 0 atom stereocenters. The molecule has 8 heteroatoms. The van der Waals surface area contributed by atoms with Gasteiger partial charge in [-0.3, -0.25) is 10.2 Å². The highest BCUT2D eigenvalue weighted by Crippen LogP contribution is 2.32. The standard InChI is InChI=1S/C21H19ClN4O2S/c1-2-3-4-9-18-25-26-19(23)15(20(27)24-21(26)29-18)12-13-10-11-17(28-13)14-7-5-6-8-16(14)22/h5-8,10-12,23H,2-4,9H2,1H3. The smallest absolute Gasteiger partial charge is 0.283 e. The van der Waals surface area contributed by atoms with Crippen LogP contribution in [0.15, 0.2) is 56.5 Å². The number of hydrogen-bond donors (Lipinski definition) is 1. The zero-order valence-electron chi connectivity index (χ0n) is 15.8. The summed E-state index contributed by atoms with van der Waals surface area (Å²) in [6, 6.07) is 10.9. The van der Waals surface area contributed by atoms with E-state index in [9.17, 15) is 4.79 Å². The molecular weight excluding hydrogens is 408 g/mol. The van der Waals surface area contributed by atoms with Crippen molar-refractivity contribution in [3.63, 3.8) is 0 Å². The number of halogens is 1. The number of hydrogen-bond acceptors (Lipinski definition) is 5. The number of unbranched alkanes of at least 4 members (excludes halogenated alkanes) is 2. The van der Waals surface area contributed by atoms with Crippen LogP contribution in [0, 0.1) is 5.41 Å². The molecule has 1 aromatic heterocycles. The first-order chi connectivity index (χ1) is 14.1. The molecule has 2 aliphatic heterocycles. The molecule has 2 aromatic rings. The first-order valence-corrected chi connectivity index (χ1v) is 10.6. The molecule has 0 bridgehead atoms. The van der Waals surface area contributed by atoms with Crippen LogP contribution in [0.25, 0.3) is 17.4 Å². The van der Waals surface area contributed by atoms with Gasteiger partial charge in [-0.15, -0.1) is 0 Å². The first-order valence-electron chi connectivity index (χ1n) is 9.40. The van der Waals surface area contributed by atoms with E-state index in [-0.39, 0.29) is 11.4 Å². The summed E-state index contributed by atoms with van der Waals surface area (Å²) in [5.74, 6) is 0.586. The van der Waals surface area contributed by atoms with Crippen LogP contribution in [0.4, 0.5) is 0 Å². The summed E-state index contributed by atoms with van der Waals surface area (Å²) in [4.78, 5) is 16.6. The molecule has 0 radical (unpaired) electrons. The Bertz CT molecular complexity index is 1070. The van der Waals surface area contributed by atoms with Crippen molar-refractivity contribution in [1.29, 1.82) is 5.41 Å². The van der Waals surface area contributed by atoms with E-state index in [1.807, 2.05) is 18.2 Å². The van der Waals surface area contributed by atoms with Gasteiger partial charge >= 0.3 is 0 Å². The topological polar surface area (TPSA) is 82.0 Å². The number of fused-ring (bicyclic) bond motifs is 1. The van der Waals surface area contributed by atoms with Crippen molar-refractivity contribution in [1.82, 2.24) is 5.01 Å². The lowest BCUT2D eigenvalue weighted by atomic mass is 10.1. The van der Waals surface area contributed by atoms with Crippen LogP contribution in [0.3, 0.4) is 0 Å². The molecule has 0 fully saturated rings. The fourth-order valence-electron chi connectivity index (χ4n) is 3.04. The Morgan fingerprint density at radius 1 is 1.24 bits per heavy atom. The maximum atomic E-state index is 12.5. The lowest BCUT2D eigenvalue weighted by molar-refractivity contribution is -0.114. The van der Waals surface area contributed by atoms with Crippen LogP contribution >= 0.6 is 23.4 Å². The second-order valence-corrected chi connectivity index (χ2v) is 8.10. The lowest BCUT2D eigenvalue weighted by Crippen LogP contribution is -2.35. The maximum absolute atomic E-state index is 12.5. The highest BCUT2D eigenvalue weighted by molar-refractivity contribution is 8.26. The number of carbonyl (C=O) groups is 1. The largest absolute Gasteiger partial charge is 0.457 e. The average molecular weight is 427 g/mol. The molecule has 1 N–H and O–H groups in total. The molecule has 3 heterocycles. The number of nitrogens with one attached hydrogen (secondary N) is 1. The van der Waals surface area contributed by atoms with E-state index in [0.29, 0.717) is 21.7 Å². The van der Waals surface area contributed by atoms with Gasteiger partial charge in [-0.2, -0.15) is 15.1 Å². The van der Waals surface area contributed by atoms with Gasteiger partial charge in [0.1, 0.15) is 16.6 Å². The minimum atomic E-state index is -0.463. The summed E-state index contributed by atoms with van der Waals surface area (Å²) in [6.07, 6.45) is 5.64. The van der Waals surface area contributed by atoms with Gasteiger partial charge in [-0.25, -0.2) is 0 Å². The lowest BCUT2D eigenvalue weighted by Gasteiger charge is -2.19. The van der Waals surface area contributed by atoms with Crippen molar-refractivity contribution in [2.75, 3.05) is 0 Å². The van der Waals surface area contributed by atoms with Gasteiger partial charge in [-0.05, 0) is 54.9 Å². The quantitative estimate of drug-likeness (QED) is 0.467. The van der Waals surface area contributed by atoms with Gasteiger partial charge in [0.15, 0.2) is 5.84 Å². The number of thioether (sulfide) groups is 1. The predicted octanol–water partition coefficient (Wildman–Crippen LogP) is 5.80. The zero-order chi connectivity index (χ0) is 20.4. The summed E-state index contributed by atoms with van der Waals surface area (Å²) >= 11 is 7.58. The van der Waals surface area contributed by atoms with Crippen molar-refractivity contribution in [3.8, 4) is 11.3 Å². The third kappa shape index (κ3) is 4.06. The Morgan fingerprint density at radius 2 is 2.07 bits per heavy atom. The van der Waals surface area contributed by atoms with Crippen LogP contribution in [0.2, 0.25) is 5.02 Å². The summed E-state index contributed by atoms with van der Waals surface area (Å²) in [7, 11) is 0. The van der Waals surface area contributed by atoms with Crippen LogP contribution in [0.1, 0.15) is 38.4 Å². The van der Waals surface area contributed by atoms with Gasteiger partial charge in [-0.1, -0.05) is 43.5 Å². The number of nitrogens with zero attached hydrogens (tertiary/aromatic N) is 3. The van der Waals surface area contributed by atoms with E-state index in [1.165, 1.54) is 22.8 Å². The SMILES string of the molecule is CCCCCC1=NN2C(=N)C(=Cc3ccc(-c4ccccc4Cl)o3)C(=O)N=C2S1. The number of aliphatic imine (C=N–C) groups is 1. The first kappa shape index (κ1) is 19.7. The number of amidine groups is 2. The maximum Gasteiger partial charge on any atom is 0.283 e. The molecule has 0 saturated heterocycles. The van der Waals surface area contributed by atoms with Crippen molar-refractivity contribution in [2.45, 2.75) is 32.6 Å². The minimum Gasteiger partial charge on any atom is -0.457 e. The minimum absolute atomic E-state index is 0.00804. The highest BCUT2D eigenvalue weighted by atomic mass is 35.5. The molecule has 6 nitrogen and oxygen atoms in total. The number of amides is 1. The van der Waals surface area contributed by atoms with Gasteiger partial charge < -0.3 is 4.42 Å². The molecule has 1 amide bonds. The average Bonchev–Trinajstić information content (AvgIpc) is 3.33. The fraction of sp³-hybridized carbons (Fsp3) is 0.238. The van der Waals surface area contributed by atoms with E-state index in [4.69, 9.17) is 21.4 Å². The van der Waals surface area contributed by atoms with E-state index in [0.717, 1.165) is 36.3 Å². The van der Waals surface area contributed by atoms with Crippen LogP contribution in [-0.2, 0) is 4.79 Å². The second-order valence-electron chi connectivity index (χ2n) is 6.65. The number of furan rings is 1. The van der Waals surface area contributed by atoms with Gasteiger partial charge in [0.05, 0.1) is 10.6 Å².